The van der Waals surface area contributed by atoms with Gasteiger partial charge in [-0.25, -0.2) is 0 Å². The van der Waals surface area contributed by atoms with Crippen LogP contribution in [0.25, 0.3) is 10.9 Å². The lowest BCUT2D eigenvalue weighted by atomic mass is 10.1. The second-order valence-corrected chi connectivity index (χ2v) is 4.83. The Labute approximate surface area is 115 Å². The van der Waals surface area contributed by atoms with Gasteiger partial charge in [0, 0.05) is 17.8 Å². The summed E-state index contributed by atoms with van der Waals surface area (Å²) in [6, 6.07) is 7.00. The van der Waals surface area contributed by atoms with Crippen molar-refractivity contribution in [1.29, 1.82) is 0 Å². The molecule has 3 rings (SSSR count). The van der Waals surface area contributed by atoms with Crippen LogP contribution in [0.3, 0.4) is 0 Å². The molecule has 3 nitrogen and oxygen atoms in total. The summed E-state index contributed by atoms with van der Waals surface area (Å²) in [6.45, 7) is 10.8. The Morgan fingerprint density at radius 1 is 1.11 bits per heavy atom. The van der Waals surface area contributed by atoms with Crippen LogP contribution in [0.5, 0.6) is 0 Å². The molecule has 0 spiro atoms. The molecule has 1 aliphatic rings. The van der Waals surface area contributed by atoms with Gasteiger partial charge in [0.2, 0.25) is 0 Å². The minimum absolute atomic E-state index is 0.303. The van der Waals surface area contributed by atoms with E-state index in [0.717, 1.165) is 19.8 Å². The van der Waals surface area contributed by atoms with Gasteiger partial charge in [0.05, 0.1) is 19.3 Å². The summed E-state index contributed by atoms with van der Waals surface area (Å²) in [7, 11) is 0. The van der Waals surface area contributed by atoms with Crippen LogP contribution < -0.4 is 5.32 Å². The predicted octanol–water partition coefficient (Wildman–Crippen LogP) is 3.47. The molecule has 1 aromatic carbocycles. The maximum Gasteiger partial charge on any atom is 0.0711 e. The number of H-pyrrole nitrogens is 1. The van der Waals surface area contributed by atoms with E-state index in [-0.39, 0.29) is 0 Å². The summed E-state index contributed by atoms with van der Waals surface area (Å²) in [6.07, 6.45) is 0. The highest BCUT2D eigenvalue weighted by atomic mass is 16.5. The van der Waals surface area contributed by atoms with E-state index in [1.807, 2.05) is 13.8 Å². The zero-order valence-corrected chi connectivity index (χ0v) is 12.3. The van der Waals surface area contributed by atoms with Gasteiger partial charge >= 0.3 is 0 Å². The van der Waals surface area contributed by atoms with Gasteiger partial charge in [0.15, 0.2) is 0 Å². The lowest BCUT2D eigenvalue weighted by molar-refractivity contribution is 0.0758. The van der Waals surface area contributed by atoms with E-state index in [4.69, 9.17) is 4.74 Å². The number of morpholine rings is 1. The third-order valence-corrected chi connectivity index (χ3v) is 3.55. The monoisotopic (exact) mass is 260 g/mol. The second kappa shape index (κ2) is 6.22. The maximum absolute atomic E-state index is 5.50. The first-order valence-corrected chi connectivity index (χ1v) is 7.15. The highest BCUT2D eigenvalue weighted by Gasteiger charge is 2.17. The van der Waals surface area contributed by atoms with E-state index in [2.05, 4.69) is 42.3 Å². The van der Waals surface area contributed by atoms with Gasteiger partial charge in [-0.15, -0.1) is 0 Å². The number of aromatic amines is 1. The number of rotatable bonds is 1. The van der Waals surface area contributed by atoms with Crippen LogP contribution in [0.2, 0.25) is 0 Å². The molecule has 104 valence electrons. The quantitative estimate of drug-likeness (QED) is 0.823. The van der Waals surface area contributed by atoms with Crippen molar-refractivity contribution < 1.29 is 4.74 Å². The number of ether oxygens (including phenoxy) is 1. The molecule has 0 radical (unpaired) electrons. The molecule has 0 aliphatic carbocycles. The molecule has 3 heteroatoms. The maximum atomic E-state index is 5.50. The molecular weight excluding hydrogens is 236 g/mol. The number of aromatic nitrogens is 1. The Morgan fingerprint density at radius 2 is 1.84 bits per heavy atom. The molecule has 0 bridgehead atoms. The van der Waals surface area contributed by atoms with Crippen LogP contribution in [-0.4, -0.2) is 24.7 Å². The summed E-state index contributed by atoms with van der Waals surface area (Å²) in [5, 5.41) is 4.76. The topological polar surface area (TPSA) is 37.0 Å². The van der Waals surface area contributed by atoms with Gasteiger partial charge in [-0.2, -0.15) is 0 Å². The molecule has 1 saturated heterocycles. The van der Waals surface area contributed by atoms with Crippen molar-refractivity contribution in [1.82, 2.24) is 10.3 Å². The normalized spacial score (nSPS) is 19.1. The zero-order chi connectivity index (χ0) is 13.8. The van der Waals surface area contributed by atoms with Crippen LogP contribution in [0.4, 0.5) is 0 Å². The molecule has 0 amide bonds. The molecule has 2 aromatic rings. The lowest BCUT2D eigenvalue weighted by Crippen LogP contribution is -2.34. The highest BCUT2D eigenvalue weighted by molar-refractivity contribution is 5.82. The highest BCUT2D eigenvalue weighted by Crippen LogP contribution is 2.24. The summed E-state index contributed by atoms with van der Waals surface area (Å²) < 4.78 is 5.50. The van der Waals surface area contributed by atoms with Gasteiger partial charge in [0.25, 0.3) is 0 Å². The van der Waals surface area contributed by atoms with Crippen molar-refractivity contribution in [2.45, 2.75) is 33.7 Å². The van der Waals surface area contributed by atoms with Crippen LogP contribution in [0.1, 0.15) is 36.7 Å². The van der Waals surface area contributed by atoms with Gasteiger partial charge < -0.3 is 15.0 Å². The third-order valence-electron chi connectivity index (χ3n) is 3.55. The number of benzene rings is 1. The van der Waals surface area contributed by atoms with E-state index in [9.17, 15) is 0 Å². The van der Waals surface area contributed by atoms with Crippen LogP contribution in [0, 0.1) is 13.8 Å². The fourth-order valence-electron chi connectivity index (χ4n) is 2.38. The van der Waals surface area contributed by atoms with Crippen molar-refractivity contribution in [2.24, 2.45) is 0 Å². The number of aryl methyl sites for hydroxylation is 2. The Balaban J connectivity index is 0.000000637. The predicted molar refractivity (Wildman–Crippen MR) is 80.7 cm³/mol. The van der Waals surface area contributed by atoms with Gasteiger partial charge in [-0.3, -0.25) is 0 Å². The average Bonchev–Trinajstić information content (AvgIpc) is 2.85. The smallest absolute Gasteiger partial charge is 0.0711 e. The average molecular weight is 260 g/mol. The minimum atomic E-state index is 0.303. The lowest BCUT2D eigenvalue weighted by Gasteiger charge is -2.22. The molecule has 2 N–H and O–H groups in total. The van der Waals surface area contributed by atoms with Crippen molar-refractivity contribution >= 4 is 10.9 Å². The van der Waals surface area contributed by atoms with Crippen molar-refractivity contribution in [3.63, 3.8) is 0 Å². The molecule has 2 heterocycles. The Morgan fingerprint density at radius 3 is 2.53 bits per heavy atom. The molecule has 1 aromatic heterocycles. The number of hydrogen-bond donors (Lipinski definition) is 2. The van der Waals surface area contributed by atoms with Crippen molar-refractivity contribution in [3.8, 4) is 0 Å². The van der Waals surface area contributed by atoms with E-state index in [0.29, 0.717) is 6.04 Å². The molecule has 1 unspecified atom stereocenters. The minimum Gasteiger partial charge on any atom is -0.378 e. The standard InChI is InChI=1S/C14H18N2O.C2H6/c1-9-5-11-7-13(14-8-17-4-3-15-14)16-12(11)6-10(9)2;1-2/h5-7,14-16H,3-4,8H2,1-2H3;1-2H3. The molecule has 1 atom stereocenters. The van der Waals surface area contributed by atoms with Crippen LogP contribution in [-0.2, 0) is 4.74 Å². The van der Waals surface area contributed by atoms with Crippen LogP contribution in [0.15, 0.2) is 18.2 Å². The Kier molecular flexibility index (Phi) is 4.61. The van der Waals surface area contributed by atoms with Gasteiger partial charge in [0.1, 0.15) is 0 Å². The molecule has 19 heavy (non-hydrogen) atoms. The fraction of sp³-hybridized carbons (Fsp3) is 0.500. The molecule has 1 fully saturated rings. The summed E-state index contributed by atoms with van der Waals surface area (Å²) >= 11 is 0. The third kappa shape index (κ3) is 2.99. The number of hydrogen-bond acceptors (Lipinski definition) is 2. The summed E-state index contributed by atoms with van der Waals surface area (Å²) in [5.74, 6) is 0. The van der Waals surface area contributed by atoms with Crippen LogP contribution >= 0.6 is 0 Å². The summed E-state index contributed by atoms with van der Waals surface area (Å²) in [4.78, 5) is 3.49. The first-order chi connectivity index (χ1) is 9.24. The van der Waals surface area contributed by atoms with Gasteiger partial charge in [-0.05, 0) is 48.6 Å². The van der Waals surface area contributed by atoms with E-state index >= 15 is 0 Å². The zero-order valence-electron chi connectivity index (χ0n) is 12.3. The Hall–Kier alpha value is -1.32. The van der Waals surface area contributed by atoms with E-state index in [1.165, 1.54) is 27.7 Å². The van der Waals surface area contributed by atoms with Crippen molar-refractivity contribution in [2.75, 3.05) is 19.8 Å². The SMILES string of the molecule is CC.Cc1cc2cc(C3COCCN3)[nH]c2cc1C. The number of fused-ring (bicyclic) bond motifs is 1. The molecule has 1 aliphatic heterocycles. The summed E-state index contributed by atoms with van der Waals surface area (Å²) in [5.41, 5.74) is 5.12. The fourth-order valence-corrected chi connectivity index (χ4v) is 2.38. The van der Waals surface area contributed by atoms with E-state index in [1.54, 1.807) is 0 Å². The Bertz CT molecular complexity index is 500. The molecule has 0 saturated carbocycles. The first-order valence-electron chi connectivity index (χ1n) is 7.15. The van der Waals surface area contributed by atoms with E-state index < -0.39 is 0 Å². The first kappa shape index (κ1) is 14.1. The van der Waals surface area contributed by atoms with Gasteiger partial charge in [-0.1, -0.05) is 13.8 Å². The largest absolute Gasteiger partial charge is 0.378 e. The van der Waals surface area contributed by atoms with Crippen molar-refractivity contribution in [3.05, 3.63) is 35.0 Å². The number of nitrogens with one attached hydrogen (secondary N) is 2. The second-order valence-electron chi connectivity index (χ2n) is 4.83. The molecular formula is C16H24N2O.